The van der Waals surface area contributed by atoms with Gasteiger partial charge in [-0.1, -0.05) is 13.1 Å². The summed E-state index contributed by atoms with van der Waals surface area (Å²) in [6.45, 7) is 14.5. The van der Waals surface area contributed by atoms with Gasteiger partial charge in [-0.2, -0.15) is 0 Å². The van der Waals surface area contributed by atoms with Gasteiger partial charge >= 0.3 is 12.1 Å². The van der Waals surface area contributed by atoms with Crippen molar-refractivity contribution in [3.63, 3.8) is 0 Å². The molecule has 0 saturated heterocycles. The van der Waals surface area contributed by atoms with E-state index in [1.54, 1.807) is 20.8 Å². The van der Waals surface area contributed by atoms with Crippen LogP contribution in [0, 0.1) is 0 Å². The number of amides is 1. The molecule has 7 heteroatoms. The number of rotatable bonds is 5. The number of hydrogen-bond donors (Lipinski definition) is 1. The highest BCUT2D eigenvalue weighted by molar-refractivity contribution is 6.55. The first-order chi connectivity index (χ1) is 9.24. The maximum absolute atomic E-state index is 12.3. The van der Waals surface area contributed by atoms with Crippen LogP contribution >= 0.6 is 0 Å². The van der Waals surface area contributed by atoms with Gasteiger partial charge in [-0.15, -0.1) is 0 Å². The van der Waals surface area contributed by atoms with E-state index in [1.165, 1.54) is 4.57 Å². The largest absolute Gasteiger partial charge is 0.480 e. The van der Waals surface area contributed by atoms with Crippen molar-refractivity contribution in [2.45, 2.75) is 71.9 Å². The van der Waals surface area contributed by atoms with E-state index >= 15 is 0 Å². The predicted octanol–water partition coefficient (Wildman–Crippen LogP) is 2.48. The van der Waals surface area contributed by atoms with Gasteiger partial charge in [0.05, 0.1) is 12.2 Å². The number of aliphatic carboxylic acids is 1. The van der Waals surface area contributed by atoms with Crippen molar-refractivity contribution in [1.29, 1.82) is 0 Å². The third-order valence-corrected chi connectivity index (χ3v) is 4.14. The topological polar surface area (TPSA) is 76.1 Å². The first kappa shape index (κ1) is 19.9. The van der Waals surface area contributed by atoms with Crippen LogP contribution < -0.4 is 0 Å². The van der Waals surface area contributed by atoms with E-state index in [9.17, 15) is 14.7 Å². The lowest BCUT2D eigenvalue weighted by atomic mass is 10.2. The quantitative estimate of drug-likeness (QED) is 0.788. The van der Waals surface area contributed by atoms with Crippen LogP contribution in [0.15, 0.2) is 0 Å². The minimum absolute atomic E-state index is 0.0523. The average Bonchev–Trinajstić information content (AvgIpc) is 2.18. The smallest absolute Gasteiger partial charge is 0.402 e. The van der Waals surface area contributed by atoms with E-state index in [-0.39, 0.29) is 6.61 Å². The Kier molecular flexibility index (Phi) is 6.89. The Morgan fingerprint density at radius 3 is 1.86 bits per heavy atom. The van der Waals surface area contributed by atoms with Crippen LogP contribution in [0.5, 0.6) is 0 Å². The van der Waals surface area contributed by atoms with Gasteiger partial charge < -0.3 is 19.1 Å². The Balaban J connectivity index is 5.17. The minimum atomic E-state index is -1.73. The lowest BCUT2D eigenvalue weighted by molar-refractivity contribution is -0.145. The van der Waals surface area contributed by atoms with Crippen LogP contribution in [0.1, 0.15) is 41.5 Å². The van der Waals surface area contributed by atoms with Crippen LogP contribution in [0.2, 0.25) is 13.1 Å². The molecule has 0 heterocycles. The molecular weight excluding hydrogens is 290 g/mol. The van der Waals surface area contributed by atoms with Crippen molar-refractivity contribution in [3.8, 4) is 0 Å². The maximum atomic E-state index is 12.3. The van der Waals surface area contributed by atoms with E-state index in [0.717, 1.165) is 0 Å². The van der Waals surface area contributed by atoms with Crippen molar-refractivity contribution in [3.05, 3.63) is 0 Å². The summed E-state index contributed by atoms with van der Waals surface area (Å²) >= 11 is 0. The third kappa shape index (κ3) is 8.06. The van der Waals surface area contributed by atoms with Gasteiger partial charge in [0.1, 0.15) is 20.6 Å². The van der Waals surface area contributed by atoms with Crippen LogP contribution in [0.25, 0.3) is 0 Å². The molecule has 0 saturated carbocycles. The summed E-state index contributed by atoms with van der Waals surface area (Å²) in [4.78, 5) is 23.8. The molecule has 0 aliphatic carbocycles. The number of hydrogen-bond acceptors (Lipinski definition) is 4. The Morgan fingerprint density at radius 1 is 1.10 bits per heavy atom. The summed E-state index contributed by atoms with van der Waals surface area (Å²) in [7, 11) is -1.73. The highest BCUT2D eigenvalue weighted by atomic mass is 28.3. The zero-order valence-electron chi connectivity index (χ0n) is 14.4. The summed E-state index contributed by atoms with van der Waals surface area (Å²) in [5.74, 6) is -1.08. The second-order valence-electron chi connectivity index (χ2n) is 7.26. The molecule has 0 radical (unpaired) electrons. The molecule has 124 valence electrons. The second kappa shape index (κ2) is 7.26. The molecule has 0 aromatic rings. The fourth-order valence-electron chi connectivity index (χ4n) is 1.61. The molecule has 1 N–H and O–H groups in total. The van der Waals surface area contributed by atoms with E-state index in [1.807, 2.05) is 33.9 Å². The maximum Gasteiger partial charge on any atom is 0.402 e. The molecule has 0 fully saturated rings. The molecule has 6 nitrogen and oxygen atoms in total. The Labute approximate surface area is 129 Å². The molecule has 21 heavy (non-hydrogen) atoms. The number of carboxylic acids is 1. The van der Waals surface area contributed by atoms with Crippen molar-refractivity contribution >= 4 is 21.0 Å². The lowest BCUT2D eigenvalue weighted by Crippen LogP contribution is -2.55. The van der Waals surface area contributed by atoms with Crippen molar-refractivity contribution < 1.29 is 24.2 Å². The summed E-state index contributed by atoms with van der Waals surface area (Å²) in [6.07, 6.45) is -0.589. The van der Waals surface area contributed by atoms with Crippen molar-refractivity contribution in [2.24, 2.45) is 0 Å². The zero-order chi connectivity index (χ0) is 17.0. The summed E-state index contributed by atoms with van der Waals surface area (Å²) < 4.78 is 12.2. The van der Waals surface area contributed by atoms with Crippen LogP contribution in [-0.2, 0) is 14.3 Å². The molecular formula is C14H29NO5Si. The van der Waals surface area contributed by atoms with Crippen LogP contribution in [-0.4, -0.2) is 54.5 Å². The highest BCUT2D eigenvalue weighted by Gasteiger charge is 2.35. The number of carboxylic acid groups (broad SMARTS) is 1. The standard InChI is InChI=1S/C14H29NO5Si/c1-13(2,3)19-9-10(11(16)17)15(21(7)8)12(18)20-14(4,5)6/h10,21H,9H2,1-8H3,(H,16,17). The molecule has 0 aliphatic rings. The zero-order valence-corrected chi connectivity index (χ0v) is 15.5. The van der Waals surface area contributed by atoms with E-state index in [0.29, 0.717) is 0 Å². The Morgan fingerprint density at radius 2 is 1.57 bits per heavy atom. The van der Waals surface area contributed by atoms with Gasteiger partial charge in [-0.25, -0.2) is 9.59 Å². The first-order valence-electron chi connectivity index (χ1n) is 7.12. The molecule has 0 spiro atoms. The Hall–Kier alpha value is -1.08. The number of carbonyl (C=O) groups is 2. The average molecular weight is 319 g/mol. The molecule has 1 atom stereocenters. The van der Waals surface area contributed by atoms with Gasteiger partial charge in [0.25, 0.3) is 0 Å². The van der Waals surface area contributed by atoms with Gasteiger partial charge in [-0.3, -0.25) is 0 Å². The van der Waals surface area contributed by atoms with E-state index in [2.05, 4.69) is 0 Å². The van der Waals surface area contributed by atoms with Gasteiger partial charge in [0, 0.05) is 0 Å². The molecule has 0 rings (SSSR count). The molecule has 1 unspecified atom stereocenters. The van der Waals surface area contributed by atoms with Crippen molar-refractivity contribution in [1.82, 2.24) is 4.57 Å². The van der Waals surface area contributed by atoms with E-state index in [4.69, 9.17) is 9.47 Å². The third-order valence-electron chi connectivity index (χ3n) is 2.46. The Bertz CT molecular complexity index is 371. The molecule has 1 amide bonds. The van der Waals surface area contributed by atoms with Gasteiger partial charge in [0.15, 0.2) is 0 Å². The SMILES string of the molecule is C[SiH](C)N(C(=O)OC(C)(C)C)C(COC(C)(C)C)C(=O)O. The molecule has 0 aromatic carbocycles. The summed E-state index contributed by atoms with van der Waals surface area (Å²) in [6, 6.07) is -1.02. The first-order valence-corrected chi connectivity index (χ1v) is 9.95. The molecule has 0 aliphatic heterocycles. The van der Waals surface area contributed by atoms with Gasteiger partial charge in [0.2, 0.25) is 0 Å². The molecule has 0 bridgehead atoms. The predicted molar refractivity (Wildman–Crippen MR) is 84.1 cm³/mol. The number of nitrogens with zero attached hydrogens (tertiary/aromatic N) is 1. The summed E-state index contributed by atoms with van der Waals surface area (Å²) in [5.41, 5.74) is -1.13. The fraction of sp³-hybridized carbons (Fsp3) is 0.857. The fourth-order valence-corrected chi connectivity index (χ4v) is 3.02. The van der Waals surface area contributed by atoms with Crippen LogP contribution in [0.3, 0.4) is 0 Å². The highest BCUT2D eigenvalue weighted by Crippen LogP contribution is 2.16. The lowest BCUT2D eigenvalue weighted by Gasteiger charge is -2.35. The number of ether oxygens (including phenoxy) is 2. The normalized spacial score (nSPS) is 14.0. The van der Waals surface area contributed by atoms with Crippen molar-refractivity contribution in [2.75, 3.05) is 6.61 Å². The number of carbonyl (C=O) groups excluding carboxylic acids is 1. The summed E-state index contributed by atoms with van der Waals surface area (Å²) in [5, 5.41) is 9.43. The van der Waals surface area contributed by atoms with Gasteiger partial charge in [-0.05, 0) is 41.5 Å². The molecule has 0 aromatic heterocycles. The second-order valence-corrected chi connectivity index (χ2v) is 10.0. The minimum Gasteiger partial charge on any atom is -0.480 e. The monoisotopic (exact) mass is 319 g/mol. The van der Waals surface area contributed by atoms with E-state index < -0.39 is 38.3 Å². The van der Waals surface area contributed by atoms with Crippen LogP contribution in [0.4, 0.5) is 4.79 Å².